The summed E-state index contributed by atoms with van der Waals surface area (Å²) in [6.45, 7) is 4.66. The molecule has 0 unspecified atom stereocenters. The van der Waals surface area contributed by atoms with Crippen molar-refractivity contribution in [2.45, 2.75) is 42.9 Å². The highest BCUT2D eigenvalue weighted by molar-refractivity contribution is 8.00. The SMILES string of the molecule is CC(C)OCCCN1C(=O)C[C@@H](Sc2ccccc2C(=O)[O-])C1=O. The van der Waals surface area contributed by atoms with E-state index < -0.39 is 11.2 Å². The van der Waals surface area contributed by atoms with E-state index in [1.165, 1.54) is 11.0 Å². The van der Waals surface area contributed by atoms with E-state index in [0.29, 0.717) is 24.5 Å². The normalized spacial score (nSPS) is 17.8. The predicted molar refractivity (Wildman–Crippen MR) is 87.5 cm³/mol. The molecule has 0 spiro atoms. The molecule has 0 N–H and O–H groups in total. The molecule has 0 bridgehead atoms. The number of carbonyl (C=O) groups is 3. The van der Waals surface area contributed by atoms with Crippen molar-refractivity contribution in [1.82, 2.24) is 4.90 Å². The average Bonchev–Trinajstić information content (AvgIpc) is 2.78. The molecule has 2 amide bonds. The van der Waals surface area contributed by atoms with E-state index in [4.69, 9.17) is 4.74 Å². The van der Waals surface area contributed by atoms with Crippen molar-refractivity contribution in [3.05, 3.63) is 29.8 Å². The predicted octanol–water partition coefficient (Wildman–Crippen LogP) is 1.08. The lowest BCUT2D eigenvalue weighted by Gasteiger charge is -2.16. The number of nitrogens with zero attached hydrogens (tertiary/aromatic N) is 1. The van der Waals surface area contributed by atoms with E-state index in [1.54, 1.807) is 18.2 Å². The zero-order valence-electron chi connectivity index (χ0n) is 13.7. The maximum atomic E-state index is 12.4. The van der Waals surface area contributed by atoms with Crippen LogP contribution in [0.4, 0.5) is 0 Å². The van der Waals surface area contributed by atoms with Gasteiger partial charge in [-0.2, -0.15) is 0 Å². The summed E-state index contributed by atoms with van der Waals surface area (Å²) in [6, 6.07) is 6.33. The standard InChI is InChI=1S/C17H21NO5S/c1-11(2)23-9-5-8-18-15(19)10-14(16(18)20)24-13-7-4-3-6-12(13)17(21)22/h3-4,6-7,11,14H,5,8-10H2,1-2H3,(H,21,22)/p-1/t14-/m1/s1. The van der Waals surface area contributed by atoms with Gasteiger partial charge in [-0.05, 0) is 26.3 Å². The quantitative estimate of drug-likeness (QED) is 0.515. The maximum absolute atomic E-state index is 12.4. The molecular weight excluding hydrogens is 330 g/mol. The first kappa shape index (κ1) is 18.5. The molecule has 2 rings (SSSR count). The molecule has 6 nitrogen and oxygen atoms in total. The molecule has 7 heteroatoms. The highest BCUT2D eigenvalue weighted by atomic mass is 32.2. The van der Waals surface area contributed by atoms with Crippen molar-refractivity contribution in [3.63, 3.8) is 0 Å². The van der Waals surface area contributed by atoms with Crippen LogP contribution in [0.2, 0.25) is 0 Å². The summed E-state index contributed by atoms with van der Waals surface area (Å²) < 4.78 is 5.41. The van der Waals surface area contributed by atoms with Gasteiger partial charge >= 0.3 is 0 Å². The van der Waals surface area contributed by atoms with Gasteiger partial charge < -0.3 is 14.6 Å². The first-order valence-electron chi connectivity index (χ1n) is 7.83. The molecular formula is C17H20NO5S-. The minimum atomic E-state index is -1.29. The van der Waals surface area contributed by atoms with Gasteiger partial charge in [0.15, 0.2) is 0 Å². The largest absolute Gasteiger partial charge is 0.545 e. The number of aromatic carboxylic acids is 1. The molecule has 1 atom stereocenters. The Hall–Kier alpha value is -1.86. The lowest BCUT2D eigenvalue weighted by Crippen LogP contribution is -2.33. The number of imide groups is 1. The Labute approximate surface area is 145 Å². The van der Waals surface area contributed by atoms with Crippen LogP contribution in [-0.4, -0.2) is 47.2 Å². The van der Waals surface area contributed by atoms with Crippen molar-refractivity contribution in [2.75, 3.05) is 13.2 Å². The number of thioether (sulfide) groups is 1. The summed E-state index contributed by atoms with van der Waals surface area (Å²) >= 11 is 1.10. The van der Waals surface area contributed by atoms with Crippen molar-refractivity contribution >= 4 is 29.5 Å². The second-order valence-electron chi connectivity index (χ2n) is 5.75. The molecule has 1 aromatic rings. The smallest absolute Gasteiger partial charge is 0.243 e. The topological polar surface area (TPSA) is 86.7 Å². The van der Waals surface area contributed by atoms with E-state index in [-0.39, 0.29) is 29.9 Å². The monoisotopic (exact) mass is 350 g/mol. The summed E-state index contributed by atoms with van der Waals surface area (Å²) in [5, 5.41) is 10.5. The summed E-state index contributed by atoms with van der Waals surface area (Å²) in [5.41, 5.74) is 0.0338. The number of ether oxygens (including phenoxy) is 1. The molecule has 1 heterocycles. The molecule has 0 saturated carbocycles. The number of carbonyl (C=O) groups excluding carboxylic acids is 3. The van der Waals surface area contributed by atoms with E-state index in [1.807, 2.05) is 13.8 Å². The zero-order valence-corrected chi connectivity index (χ0v) is 14.5. The molecule has 1 aliphatic heterocycles. The number of benzene rings is 1. The van der Waals surface area contributed by atoms with Gasteiger partial charge in [0.2, 0.25) is 11.8 Å². The van der Waals surface area contributed by atoms with Crippen LogP contribution < -0.4 is 5.11 Å². The zero-order chi connectivity index (χ0) is 17.7. The number of likely N-dealkylation sites (tertiary alicyclic amines) is 1. The van der Waals surface area contributed by atoms with Crippen LogP contribution in [0.25, 0.3) is 0 Å². The van der Waals surface area contributed by atoms with Crippen molar-refractivity contribution in [1.29, 1.82) is 0 Å². The molecule has 1 aliphatic rings. The van der Waals surface area contributed by atoms with Gasteiger partial charge in [0.25, 0.3) is 0 Å². The molecule has 0 aliphatic carbocycles. The first-order valence-corrected chi connectivity index (χ1v) is 8.71. The van der Waals surface area contributed by atoms with E-state index in [2.05, 4.69) is 0 Å². The van der Waals surface area contributed by atoms with Gasteiger partial charge in [-0.1, -0.05) is 18.2 Å². The molecule has 1 saturated heterocycles. The van der Waals surface area contributed by atoms with Crippen molar-refractivity contribution < 1.29 is 24.2 Å². The van der Waals surface area contributed by atoms with Crippen molar-refractivity contribution in [3.8, 4) is 0 Å². The van der Waals surface area contributed by atoms with Gasteiger partial charge in [-0.25, -0.2) is 0 Å². The second-order valence-corrected chi connectivity index (χ2v) is 7.00. The van der Waals surface area contributed by atoms with Gasteiger partial charge in [0.1, 0.15) is 0 Å². The summed E-state index contributed by atoms with van der Waals surface area (Å²) in [5.74, 6) is -1.80. The Bertz CT molecular complexity index is 631. The van der Waals surface area contributed by atoms with Crippen LogP contribution in [0, 0.1) is 0 Å². The van der Waals surface area contributed by atoms with Crippen LogP contribution >= 0.6 is 11.8 Å². The van der Waals surface area contributed by atoms with Crippen LogP contribution in [0.5, 0.6) is 0 Å². The molecule has 1 fully saturated rings. The Kier molecular flexibility index (Phi) is 6.39. The number of carboxylic acid groups (broad SMARTS) is 1. The Morgan fingerprint density at radius 2 is 2.08 bits per heavy atom. The number of amides is 2. The Morgan fingerprint density at radius 3 is 2.75 bits per heavy atom. The van der Waals surface area contributed by atoms with Crippen LogP contribution in [-0.2, 0) is 14.3 Å². The Balaban J connectivity index is 1.98. The van der Waals surface area contributed by atoms with E-state index in [9.17, 15) is 19.5 Å². The van der Waals surface area contributed by atoms with Gasteiger partial charge in [-0.3, -0.25) is 14.5 Å². The lowest BCUT2D eigenvalue weighted by atomic mass is 10.2. The number of hydrogen-bond acceptors (Lipinski definition) is 6. The lowest BCUT2D eigenvalue weighted by molar-refractivity contribution is -0.255. The third kappa shape index (κ3) is 4.58. The van der Waals surface area contributed by atoms with Crippen molar-refractivity contribution in [2.24, 2.45) is 0 Å². The fraction of sp³-hybridized carbons (Fsp3) is 0.471. The highest BCUT2D eigenvalue weighted by Crippen LogP contribution is 2.33. The summed E-state index contributed by atoms with van der Waals surface area (Å²) in [4.78, 5) is 37.3. The molecule has 1 aromatic carbocycles. The fourth-order valence-corrected chi connectivity index (χ4v) is 3.61. The minimum Gasteiger partial charge on any atom is -0.545 e. The number of carboxylic acids is 1. The third-order valence-corrected chi connectivity index (χ3v) is 4.82. The highest BCUT2D eigenvalue weighted by Gasteiger charge is 2.38. The number of hydrogen-bond donors (Lipinski definition) is 0. The minimum absolute atomic E-state index is 0.0338. The van der Waals surface area contributed by atoms with Gasteiger partial charge in [0, 0.05) is 30.0 Å². The average molecular weight is 350 g/mol. The maximum Gasteiger partial charge on any atom is 0.243 e. The molecule has 24 heavy (non-hydrogen) atoms. The van der Waals surface area contributed by atoms with Gasteiger partial charge in [-0.15, -0.1) is 11.8 Å². The van der Waals surface area contributed by atoms with Gasteiger partial charge in [0.05, 0.1) is 17.3 Å². The molecule has 0 aromatic heterocycles. The van der Waals surface area contributed by atoms with E-state index in [0.717, 1.165) is 11.8 Å². The van der Waals surface area contributed by atoms with Crippen LogP contribution in [0.3, 0.4) is 0 Å². The summed E-state index contributed by atoms with van der Waals surface area (Å²) in [6.07, 6.45) is 0.776. The fourth-order valence-electron chi connectivity index (χ4n) is 2.41. The first-order chi connectivity index (χ1) is 11.4. The third-order valence-electron chi connectivity index (χ3n) is 3.56. The van der Waals surface area contributed by atoms with Crippen LogP contribution in [0.1, 0.15) is 37.0 Å². The summed E-state index contributed by atoms with van der Waals surface area (Å²) in [7, 11) is 0. The number of rotatable bonds is 8. The molecule has 0 radical (unpaired) electrons. The second kappa shape index (κ2) is 8.30. The molecule has 130 valence electrons. The van der Waals surface area contributed by atoms with Crippen LogP contribution in [0.15, 0.2) is 29.2 Å². The van der Waals surface area contributed by atoms with E-state index >= 15 is 0 Å². The Morgan fingerprint density at radius 1 is 1.38 bits per heavy atom.